The minimum atomic E-state index is -3.96. The summed E-state index contributed by atoms with van der Waals surface area (Å²) >= 11 is 0. The first-order chi connectivity index (χ1) is 9.44. The zero-order valence-corrected chi connectivity index (χ0v) is 11.1. The van der Waals surface area contributed by atoms with Gasteiger partial charge >= 0.3 is 5.97 Å². The number of nitrogens with one attached hydrogen (secondary N) is 1. The van der Waals surface area contributed by atoms with Crippen molar-refractivity contribution in [1.29, 1.82) is 0 Å². The smallest absolute Gasteiger partial charge is 0.322 e. The number of rotatable bonds is 5. The van der Waals surface area contributed by atoms with Crippen LogP contribution in [-0.2, 0) is 14.8 Å². The highest BCUT2D eigenvalue weighted by molar-refractivity contribution is 7.89. The topological polar surface area (TPSA) is 96.6 Å². The third-order valence-electron chi connectivity index (χ3n) is 2.65. The Bertz CT molecular complexity index is 784. The summed E-state index contributed by atoms with van der Waals surface area (Å²) in [5.74, 6) is 0.803. The molecular formula is C13H11NO5S. The van der Waals surface area contributed by atoms with Crippen LogP contribution in [0.15, 0.2) is 39.8 Å². The second kappa shape index (κ2) is 5.36. The molecule has 0 amide bonds. The van der Waals surface area contributed by atoms with Gasteiger partial charge in [0.15, 0.2) is 0 Å². The fraction of sp³-hybridized carbons (Fsp3) is 0.154. The third-order valence-corrected chi connectivity index (χ3v) is 4.12. The molecule has 1 aromatic heterocycles. The van der Waals surface area contributed by atoms with Gasteiger partial charge in [0.25, 0.3) is 0 Å². The highest BCUT2D eigenvalue weighted by Gasteiger charge is 2.24. The number of sulfonamides is 1. The minimum Gasteiger partial charge on any atom is -0.480 e. The van der Waals surface area contributed by atoms with Crippen LogP contribution in [0.25, 0.3) is 11.0 Å². The van der Waals surface area contributed by atoms with Gasteiger partial charge in [-0.05, 0) is 24.3 Å². The van der Waals surface area contributed by atoms with Crippen molar-refractivity contribution in [2.24, 2.45) is 0 Å². The summed E-state index contributed by atoms with van der Waals surface area (Å²) in [4.78, 5) is 10.9. The van der Waals surface area contributed by atoms with Crippen molar-refractivity contribution in [3.05, 3.63) is 30.5 Å². The van der Waals surface area contributed by atoms with E-state index < -0.39 is 22.0 Å². The molecule has 0 aliphatic heterocycles. The molecule has 104 valence electrons. The third kappa shape index (κ3) is 2.82. The Hall–Kier alpha value is -2.30. The van der Waals surface area contributed by atoms with Gasteiger partial charge < -0.3 is 9.52 Å². The summed E-state index contributed by atoms with van der Waals surface area (Å²) in [7, 11) is -3.96. The van der Waals surface area contributed by atoms with E-state index in [1.807, 2.05) is 0 Å². The number of hydrogen-bond acceptors (Lipinski definition) is 4. The van der Waals surface area contributed by atoms with E-state index in [2.05, 4.69) is 10.6 Å². The Morgan fingerprint density at radius 1 is 1.45 bits per heavy atom. The van der Waals surface area contributed by atoms with E-state index in [-0.39, 0.29) is 11.3 Å². The zero-order chi connectivity index (χ0) is 14.8. The maximum atomic E-state index is 12.1. The molecule has 2 N–H and O–H groups in total. The van der Waals surface area contributed by atoms with E-state index in [4.69, 9.17) is 15.9 Å². The van der Waals surface area contributed by atoms with E-state index in [1.165, 1.54) is 24.5 Å². The summed E-state index contributed by atoms with van der Waals surface area (Å²) < 4.78 is 31.4. The van der Waals surface area contributed by atoms with Crippen LogP contribution in [0.1, 0.15) is 6.42 Å². The van der Waals surface area contributed by atoms with E-state index >= 15 is 0 Å². The van der Waals surface area contributed by atoms with E-state index in [1.54, 1.807) is 6.07 Å². The van der Waals surface area contributed by atoms with Crippen molar-refractivity contribution in [1.82, 2.24) is 4.72 Å². The van der Waals surface area contributed by atoms with Gasteiger partial charge in [-0.3, -0.25) is 4.79 Å². The van der Waals surface area contributed by atoms with Gasteiger partial charge in [0, 0.05) is 11.8 Å². The zero-order valence-electron chi connectivity index (χ0n) is 10.2. The van der Waals surface area contributed by atoms with Gasteiger partial charge in [-0.15, -0.1) is 12.3 Å². The molecule has 0 aliphatic rings. The normalized spacial score (nSPS) is 12.9. The number of carbonyl (C=O) groups is 1. The van der Waals surface area contributed by atoms with Crippen LogP contribution in [0.4, 0.5) is 0 Å². The summed E-state index contributed by atoms with van der Waals surface area (Å²) in [6, 6.07) is 4.49. The average molecular weight is 293 g/mol. The van der Waals surface area contributed by atoms with Gasteiger partial charge in [0.05, 0.1) is 11.2 Å². The van der Waals surface area contributed by atoms with Gasteiger partial charge in [-0.1, -0.05) is 0 Å². The molecular weight excluding hydrogens is 282 g/mol. The molecule has 0 saturated heterocycles. The van der Waals surface area contributed by atoms with E-state index in [0.717, 1.165) is 0 Å². The standard InChI is InChI=1S/C13H11NO5S/c1-2-3-11(13(15)16)14-20(17,18)10-4-5-12-9(8-10)6-7-19-12/h1,4-8,11,14H,3H2,(H,15,16)/t11-/m0/s1. The lowest BCUT2D eigenvalue weighted by molar-refractivity contribution is -0.138. The molecule has 6 nitrogen and oxygen atoms in total. The Labute approximate surface area is 115 Å². The Kier molecular flexibility index (Phi) is 3.79. The molecule has 0 bridgehead atoms. The highest BCUT2D eigenvalue weighted by atomic mass is 32.2. The predicted octanol–water partition coefficient (Wildman–Crippen LogP) is 1.19. The first-order valence-corrected chi connectivity index (χ1v) is 7.08. The first-order valence-electron chi connectivity index (χ1n) is 5.60. The number of furan rings is 1. The molecule has 0 radical (unpaired) electrons. The van der Waals surface area contributed by atoms with Gasteiger partial charge in [-0.2, -0.15) is 4.72 Å². The number of fused-ring (bicyclic) bond motifs is 1. The van der Waals surface area contributed by atoms with Gasteiger partial charge in [0.2, 0.25) is 10.0 Å². The van der Waals surface area contributed by atoms with Crippen molar-refractivity contribution >= 4 is 27.0 Å². The second-order valence-electron chi connectivity index (χ2n) is 4.04. The summed E-state index contributed by atoms with van der Waals surface area (Å²) in [6.07, 6.45) is 6.23. The molecule has 20 heavy (non-hydrogen) atoms. The van der Waals surface area contributed by atoms with Crippen molar-refractivity contribution in [3.63, 3.8) is 0 Å². The maximum absolute atomic E-state index is 12.1. The van der Waals surface area contributed by atoms with Gasteiger partial charge in [0.1, 0.15) is 11.6 Å². The SMILES string of the molecule is C#CC[C@H](NS(=O)(=O)c1ccc2occc2c1)C(=O)O. The fourth-order valence-electron chi connectivity index (χ4n) is 1.66. The van der Waals surface area contributed by atoms with Crippen LogP contribution in [0.3, 0.4) is 0 Å². The van der Waals surface area contributed by atoms with Crippen LogP contribution in [-0.4, -0.2) is 25.5 Å². The van der Waals surface area contributed by atoms with Crippen molar-refractivity contribution < 1.29 is 22.7 Å². The average Bonchev–Trinajstić information content (AvgIpc) is 2.85. The molecule has 0 aliphatic carbocycles. The molecule has 1 atom stereocenters. The molecule has 1 heterocycles. The van der Waals surface area contributed by atoms with Crippen LogP contribution in [0, 0.1) is 12.3 Å². The van der Waals surface area contributed by atoms with E-state index in [9.17, 15) is 13.2 Å². The fourth-order valence-corrected chi connectivity index (χ4v) is 2.89. The van der Waals surface area contributed by atoms with Crippen molar-refractivity contribution in [2.45, 2.75) is 17.4 Å². The van der Waals surface area contributed by atoms with Crippen LogP contribution < -0.4 is 4.72 Å². The molecule has 0 fully saturated rings. The largest absolute Gasteiger partial charge is 0.480 e. The summed E-state index contributed by atoms with van der Waals surface area (Å²) in [5, 5.41) is 9.52. The summed E-state index contributed by atoms with van der Waals surface area (Å²) in [6.45, 7) is 0. The van der Waals surface area contributed by atoms with Crippen LogP contribution >= 0.6 is 0 Å². The Balaban J connectivity index is 2.34. The molecule has 0 saturated carbocycles. The molecule has 1 aromatic carbocycles. The molecule has 2 aromatic rings. The lowest BCUT2D eigenvalue weighted by Crippen LogP contribution is -2.40. The Morgan fingerprint density at radius 2 is 2.20 bits per heavy atom. The minimum absolute atomic E-state index is 0.0466. The van der Waals surface area contributed by atoms with Crippen LogP contribution in [0.2, 0.25) is 0 Å². The predicted molar refractivity (Wildman–Crippen MR) is 71.4 cm³/mol. The lowest BCUT2D eigenvalue weighted by atomic mass is 10.2. The highest BCUT2D eigenvalue weighted by Crippen LogP contribution is 2.20. The molecule has 2 rings (SSSR count). The number of terminal acetylenes is 1. The lowest BCUT2D eigenvalue weighted by Gasteiger charge is -2.12. The van der Waals surface area contributed by atoms with E-state index in [0.29, 0.717) is 11.0 Å². The van der Waals surface area contributed by atoms with Crippen molar-refractivity contribution in [2.75, 3.05) is 0 Å². The monoisotopic (exact) mass is 293 g/mol. The van der Waals surface area contributed by atoms with Crippen LogP contribution in [0.5, 0.6) is 0 Å². The first kappa shape index (κ1) is 14.1. The number of aliphatic carboxylic acids is 1. The summed E-state index contributed by atoms with van der Waals surface area (Å²) in [5.41, 5.74) is 0.544. The maximum Gasteiger partial charge on any atom is 0.322 e. The molecule has 7 heteroatoms. The Morgan fingerprint density at radius 3 is 2.85 bits per heavy atom. The molecule has 0 spiro atoms. The second-order valence-corrected chi connectivity index (χ2v) is 5.75. The number of hydrogen-bond donors (Lipinski definition) is 2. The quantitative estimate of drug-likeness (QED) is 0.807. The van der Waals surface area contributed by atoms with Crippen molar-refractivity contribution in [3.8, 4) is 12.3 Å². The molecule has 0 unspecified atom stereocenters. The van der Waals surface area contributed by atoms with Gasteiger partial charge in [-0.25, -0.2) is 8.42 Å². The number of carboxylic acid groups (broad SMARTS) is 1. The number of carboxylic acids is 1. The number of benzene rings is 1.